The first-order valence-corrected chi connectivity index (χ1v) is 4.71. The fraction of sp³-hybridized carbons (Fsp3) is 0.900. The van der Waals surface area contributed by atoms with Crippen LogP contribution in [0.5, 0.6) is 0 Å². The summed E-state index contributed by atoms with van der Waals surface area (Å²) in [6, 6.07) is 0. The number of hydrogen-bond donors (Lipinski definition) is 1. The number of carbonyl (C=O) groups excluding carboxylic acids is 1. The second-order valence-corrected chi connectivity index (χ2v) is 4.41. The van der Waals surface area contributed by atoms with Crippen molar-refractivity contribution in [2.24, 2.45) is 11.3 Å². The summed E-state index contributed by atoms with van der Waals surface area (Å²) in [5, 5.41) is 9.11. The summed E-state index contributed by atoms with van der Waals surface area (Å²) in [7, 11) is 0. The molecule has 0 heterocycles. The predicted molar refractivity (Wildman–Crippen MR) is 47.8 cm³/mol. The van der Waals surface area contributed by atoms with Crippen LogP contribution in [-0.4, -0.2) is 17.5 Å². The highest BCUT2D eigenvalue weighted by Gasteiger charge is 2.35. The van der Waals surface area contributed by atoms with E-state index in [1.807, 2.05) is 13.8 Å². The van der Waals surface area contributed by atoms with Crippen LogP contribution in [0.25, 0.3) is 0 Å². The summed E-state index contributed by atoms with van der Waals surface area (Å²) in [5.74, 6) is 0.441. The van der Waals surface area contributed by atoms with Crippen LogP contribution in [0.3, 0.4) is 0 Å². The third-order valence-electron chi connectivity index (χ3n) is 2.91. The fourth-order valence-corrected chi connectivity index (χ4v) is 1.92. The number of ketones is 1. The van der Waals surface area contributed by atoms with Crippen LogP contribution in [0.4, 0.5) is 0 Å². The molecule has 1 fully saturated rings. The summed E-state index contributed by atoms with van der Waals surface area (Å²) in [6.07, 6.45) is 3.86. The topological polar surface area (TPSA) is 37.3 Å². The van der Waals surface area contributed by atoms with Crippen LogP contribution in [0.15, 0.2) is 0 Å². The van der Waals surface area contributed by atoms with Crippen LogP contribution >= 0.6 is 0 Å². The van der Waals surface area contributed by atoms with Crippen LogP contribution < -0.4 is 0 Å². The Hall–Kier alpha value is -0.370. The maximum Gasteiger partial charge on any atom is 0.136 e. The lowest BCUT2D eigenvalue weighted by Crippen LogP contribution is -2.35. The Morgan fingerprint density at radius 2 is 2.17 bits per heavy atom. The van der Waals surface area contributed by atoms with Gasteiger partial charge in [-0.1, -0.05) is 20.3 Å². The van der Waals surface area contributed by atoms with Gasteiger partial charge >= 0.3 is 0 Å². The van der Waals surface area contributed by atoms with Crippen molar-refractivity contribution in [3.8, 4) is 0 Å². The van der Waals surface area contributed by atoms with E-state index in [1.165, 1.54) is 0 Å². The molecular weight excluding hydrogens is 152 g/mol. The molecule has 1 N–H and O–H groups in total. The first-order chi connectivity index (χ1) is 5.58. The third kappa shape index (κ3) is 1.86. The monoisotopic (exact) mass is 170 g/mol. The van der Waals surface area contributed by atoms with Crippen molar-refractivity contribution in [1.82, 2.24) is 0 Å². The molecule has 1 aliphatic rings. The van der Waals surface area contributed by atoms with Gasteiger partial charge in [-0.2, -0.15) is 0 Å². The Balaban J connectivity index is 2.65. The largest absolute Gasteiger partial charge is 0.396 e. The number of hydrogen-bond acceptors (Lipinski definition) is 2. The van der Waals surface area contributed by atoms with E-state index in [1.54, 1.807) is 0 Å². The molecule has 0 aromatic heterocycles. The molecule has 12 heavy (non-hydrogen) atoms. The van der Waals surface area contributed by atoms with E-state index >= 15 is 0 Å². The van der Waals surface area contributed by atoms with Gasteiger partial charge in [-0.25, -0.2) is 0 Å². The molecule has 0 spiro atoms. The Morgan fingerprint density at radius 3 is 2.67 bits per heavy atom. The van der Waals surface area contributed by atoms with Crippen molar-refractivity contribution in [1.29, 1.82) is 0 Å². The molecule has 0 amide bonds. The van der Waals surface area contributed by atoms with Gasteiger partial charge in [-0.3, -0.25) is 4.79 Å². The van der Waals surface area contributed by atoms with Crippen molar-refractivity contribution in [2.75, 3.05) is 6.61 Å². The molecule has 1 atom stereocenters. The van der Waals surface area contributed by atoms with Gasteiger partial charge < -0.3 is 5.11 Å². The van der Waals surface area contributed by atoms with E-state index in [0.29, 0.717) is 12.2 Å². The smallest absolute Gasteiger partial charge is 0.136 e. The van der Waals surface area contributed by atoms with Gasteiger partial charge in [0, 0.05) is 18.9 Å². The van der Waals surface area contributed by atoms with Gasteiger partial charge in [0.05, 0.1) is 0 Å². The summed E-state index contributed by atoms with van der Waals surface area (Å²) >= 11 is 0. The summed E-state index contributed by atoms with van der Waals surface area (Å²) in [4.78, 5) is 11.5. The van der Waals surface area contributed by atoms with Crippen molar-refractivity contribution in [3.63, 3.8) is 0 Å². The number of Topliss-reactive ketones (excluding diaryl/α,β-unsaturated/α-hetero) is 1. The molecule has 1 saturated carbocycles. The molecule has 0 aromatic rings. The number of carbonyl (C=O) groups is 1. The molecule has 2 nitrogen and oxygen atoms in total. The highest BCUT2D eigenvalue weighted by atomic mass is 16.3. The number of rotatable bonds is 2. The average molecular weight is 170 g/mol. The zero-order valence-corrected chi connectivity index (χ0v) is 7.97. The average Bonchev–Trinajstić information content (AvgIpc) is 2.05. The quantitative estimate of drug-likeness (QED) is 0.685. The molecule has 0 saturated heterocycles. The maximum atomic E-state index is 11.5. The maximum absolute atomic E-state index is 11.5. The third-order valence-corrected chi connectivity index (χ3v) is 2.91. The van der Waals surface area contributed by atoms with E-state index < -0.39 is 0 Å². The molecule has 0 bridgehead atoms. The standard InChI is InChI=1S/C10H18O2/c1-10(2,7-11)8-5-3-4-6-9(8)12/h8,11H,3-7H2,1-2H3. The van der Waals surface area contributed by atoms with E-state index in [0.717, 1.165) is 19.3 Å². The van der Waals surface area contributed by atoms with Crippen LogP contribution in [0.1, 0.15) is 39.5 Å². The molecule has 70 valence electrons. The van der Waals surface area contributed by atoms with Crippen LogP contribution in [0.2, 0.25) is 0 Å². The Kier molecular flexibility index (Phi) is 2.89. The molecule has 2 heteroatoms. The van der Waals surface area contributed by atoms with Gasteiger partial charge in [0.1, 0.15) is 5.78 Å². The van der Waals surface area contributed by atoms with Gasteiger partial charge in [-0.15, -0.1) is 0 Å². The normalized spacial score (nSPS) is 25.9. The Morgan fingerprint density at radius 1 is 1.50 bits per heavy atom. The first kappa shape index (κ1) is 9.72. The second kappa shape index (κ2) is 3.56. The Labute approximate surface area is 74.0 Å². The van der Waals surface area contributed by atoms with Crippen LogP contribution in [0, 0.1) is 11.3 Å². The summed E-state index contributed by atoms with van der Waals surface area (Å²) in [5.41, 5.74) is -0.211. The van der Waals surface area contributed by atoms with E-state index in [2.05, 4.69) is 0 Å². The van der Waals surface area contributed by atoms with Crippen molar-refractivity contribution in [2.45, 2.75) is 39.5 Å². The first-order valence-electron chi connectivity index (χ1n) is 4.71. The molecule has 1 rings (SSSR count). The SMILES string of the molecule is CC(C)(CO)C1CCCCC1=O. The van der Waals surface area contributed by atoms with Crippen molar-refractivity contribution in [3.05, 3.63) is 0 Å². The van der Waals surface area contributed by atoms with Crippen LogP contribution in [-0.2, 0) is 4.79 Å². The molecular formula is C10H18O2. The highest BCUT2D eigenvalue weighted by molar-refractivity contribution is 5.82. The predicted octanol–water partition coefficient (Wildman–Crippen LogP) is 1.76. The van der Waals surface area contributed by atoms with E-state index in [4.69, 9.17) is 5.11 Å². The lowest BCUT2D eigenvalue weighted by atomic mass is 9.71. The molecule has 0 aliphatic heterocycles. The highest BCUT2D eigenvalue weighted by Crippen LogP contribution is 2.35. The van der Waals surface area contributed by atoms with Crippen molar-refractivity contribution < 1.29 is 9.90 Å². The lowest BCUT2D eigenvalue weighted by molar-refractivity contribution is -0.129. The minimum atomic E-state index is -0.211. The molecule has 0 aromatic carbocycles. The minimum Gasteiger partial charge on any atom is -0.396 e. The van der Waals surface area contributed by atoms with Gasteiger partial charge in [0.2, 0.25) is 0 Å². The Bertz CT molecular complexity index is 173. The molecule has 1 unspecified atom stereocenters. The van der Waals surface area contributed by atoms with Gasteiger partial charge in [-0.05, 0) is 18.3 Å². The number of aliphatic hydroxyl groups is 1. The second-order valence-electron chi connectivity index (χ2n) is 4.41. The zero-order valence-electron chi connectivity index (χ0n) is 7.97. The minimum absolute atomic E-state index is 0.0937. The summed E-state index contributed by atoms with van der Waals surface area (Å²) < 4.78 is 0. The van der Waals surface area contributed by atoms with E-state index in [-0.39, 0.29) is 17.9 Å². The van der Waals surface area contributed by atoms with Gasteiger partial charge in [0.25, 0.3) is 0 Å². The zero-order chi connectivity index (χ0) is 9.19. The molecule has 0 radical (unpaired) electrons. The number of aliphatic hydroxyl groups excluding tert-OH is 1. The van der Waals surface area contributed by atoms with Gasteiger partial charge in [0.15, 0.2) is 0 Å². The summed E-state index contributed by atoms with van der Waals surface area (Å²) in [6.45, 7) is 4.06. The molecule has 1 aliphatic carbocycles. The lowest BCUT2D eigenvalue weighted by Gasteiger charge is -2.34. The van der Waals surface area contributed by atoms with E-state index in [9.17, 15) is 4.79 Å². The van der Waals surface area contributed by atoms with Crippen molar-refractivity contribution >= 4 is 5.78 Å². The fourth-order valence-electron chi connectivity index (χ4n) is 1.92.